The average molecular weight is 344 g/mol. The number of carbonyl (C=O) groups is 1. The molecule has 25 heavy (non-hydrogen) atoms. The lowest BCUT2D eigenvalue weighted by Gasteiger charge is -2.28. The van der Waals surface area contributed by atoms with Crippen LogP contribution in [-0.4, -0.2) is 18.7 Å². The number of benzene rings is 1. The molecule has 2 aliphatic rings. The molecule has 1 aromatic rings. The van der Waals surface area contributed by atoms with E-state index in [2.05, 4.69) is 27.7 Å². The van der Waals surface area contributed by atoms with Crippen molar-refractivity contribution in [2.24, 2.45) is 23.2 Å². The highest BCUT2D eigenvalue weighted by Gasteiger charge is 2.61. The third kappa shape index (κ3) is 4.02. The largest absolute Gasteiger partial charge is 0.494 e. The molecule has 3 rings (SSSR count). The topological polar surface area (TPSA) is 35.5 Å². The number of hydrogen-bond acceptors (Lipinski definition) is 3. The summed E-state index contributed by atoms with van der Waals surface area (Å²) in [5.41, 5.74) is 1.05. The molecule has 0 bridgehead atoms. The zero-order valence-electron chi connectivity index (χ0n) is 16.1. The monoisotopic (exact) mass is 344 g/mol. The minimum absolute atomic E-state index is 0.0560. The van der Waals surface area contributed by atoms with Crippen molar-refractivity contribution in [1.82, 2.24) is 0 Å². The van der Waals surface area contributed by atoms with Gasteiger partial charge in [-0.2, -0.15) is 0 Å². The van der Waals surface area contributed by atoms with E-state index in [9.17, 15) is 4.79 Å². The van der Waals surface area contributed by atoms with Crippen molar-refractivity contribution in [1.29, 1.82) is 0 Å². The molecule has 2 saturated carbocycles. The first-order valence-electron chi connectivity index (χ1n) is 9.87. The molecule has 0 heterocycles. The predicted octanol–water partition coefficient (Wildman–Crippen LogP) is 5.48. The maximum absolute atomic E-state index is 12.5. The third-order valence-electron chi connectivity index (χ3n) is 6.40. The summed E-state index contributed by atoms with van der Waals surface area (Å²) in [6.07, 6.45) is 5.69. The molecular formula is C22H32O3. The molecule has 0 aliphatic heterocycles. The van der Waals surface area contributed by atoms with Crippen LogP contribution in [0.1, 0.15) is 70.2 Å². The minimum Gasteiger partial charge on any atom is -0.494 e. The highest BCUT2D eigenvalue weighted by Crippen LogP contribution is 2.66. The summed E-state index contributed by atoms with van der Waals surface area (Å²) < 4.78 is 11.6. The van der Waals surface area contributed by atoms with Crippen LogP contribution in [0.3, 0.4) is 0 Å². The van der Waals surface area contributed by atoms with Crippen LogP contribution in [0.2, 0.25) is 0 Å². The van der Waals surface area contributed by atoms with Gasteiger partial charge in [0.15, 0.2) is 0 Å². The number of rotatable bonds is 7. The van der Waals surface area contributed by atoms with Crippen molar-refractivity contribution in [2.75, 3.05) is 6.61 Å². The van der Waals surface area contributed by atoms with Gasteiger partial charge in [0.1, 0.15) is 11.9 Å². The summed E-state index contributed by atoms with van der Waals surface area (Å²) >= 11 is 0. The fraction of sp³-hybridized carbons (Fsp3) is 0.682. The van der Waals surface area contributed by atoms with Gasteiger partial charge in [0.2, 0.25) is 0 Å². The molecule has 0 unspecified atom stereocenters. The molecule has 0 spiro atoms. The Labute approximate surface area is 152 Å². The second-order valence-corrected chi connectivity index (χ2v) is 8.51. The van der Waals surface area contributed by atoms with E-state index in [1.807, 2.05) is 24.3 Å². The van der Waals surface area contributed by atoms with Crippen molar-refractivity contribution in [3.05, 3.63) is 29.8 Å². The third-order valence-corrected chi connectivity index (χ3v) is 6.40. The Balaban J connectivity index is 1.51. The number of unbranched alkanes of at least 4 members (excludes halogenated alkanes) is 2. The van der Waals surface area contributed by atoms with Crippen LogP contribution in [0.4, 0.5) is 0 Å². The Bertz CT molecular complexity index is 590. The summed E-state index contributed by atoms with van der Waals surface area (Å²) in [4.78, 5) is 12.5. The molecule has 138 valence electrons. The van der Waals surface area contributed by atoms with Crippen LogP contribution in [0.25, 0.3) is 0 Å². The van der Waals surface area contributed by atoms with Gasteiger partial charge in [0, 0.05) is 0 Å². The van der Waals surface area contributed by atoms with E-state index in [1.165, 1.54) is 19.3 Å². The van der Waals surface area contributed by atoms with Gasteiger partial charge in [-0.1, -0.05) is 40.5 Å². The van der Waals surface area contributed by atoms with Gasteiger partial charge >= 0.3 is 5.97 Å². The summed E-state index contributed by atoms with van der Waals surface area (Å²) in [7, 11) is 0. The highest BCUT2D eigenvalue weighted by atomic mass is 16.5. The Morgan fingerprint density at radius 1 is 1.12 bits per heavy atom. The van der Waals surface area contributed by atoms with Crippen LogP contribution in [0, 0.1) is 23.2 Å². The molecule has 3 nitrogen and oxygen atoms in total. The SMILES string of the molecule is CCCCCOc1ccc(C(=O)O[C@H]2C[C@@H]3[C@H](C[C@H]2C)C3(C)C)cc1. The second-order valence-electron chi connectivity index (χ2n) is 8.51. The van der Waals surface area contributed by atoms with Crippen LogP contribution < -0.4 is 4.74 Å². The molecule has 2 aliphatic carbocycles. The van der Waals surface area contributed by atoms with Crippen molar-refractivity contribution < 1.29 is 14.3 Å². The first-order valence-corrected chi connectivity index (χ1v) is 9.87. The second kappa shape index (κ2) is 7.39. The van der Waals surface area contributed by atoms with Crippen LogP contribution in [-0.2, 0) is 4.74 Å². The van der Waals surface area contributed by atoms with Gasteiger partial charge in [-0.15, -0.1) is 0 Å². The Hall–Kier alpha value is -1.51. The molecule has 0 N–H and O–H groups in total. The van der Waals surface area contributed by atoms with E-state index < -0.39 is 0 Å². The van der Waals surface area contributed by atoms with Crippen molar-refractivity contribution in [3.8, 4) is 5.75 Å². The number of carbonyl (C=O) groups excluding carboxylic acids is 1. The fourth-order valence-corrected chi connectivity index (χ4v) is 4.43. The number of ether oxygens (including phenoxy) is 2. The highest BCUT2D eigenvalue weighted by molar-refractivity contribution is 5.89. The average Bonchev–Trinajstić information content (AvgIpc) is 3.12. The van der Waals surface area contributed by atoms with Gasteiger partial charge in [0.25, 0.3) is 0 Å². The van der Waals surface area contributed by atoms with Gasteiger partial charge in [-0.05, 0) is 66.7 Å². The van der Waals surface area contributed by atoms with Gasteiger partial charge in [0.05, 0.1) is 12.2 Å². The van der Waals surface area contributed by atoms with Gasteiger partial charge in [-0.25, -0.2) is 4.79 Å². The van der Waals surface area contributed by atoms with Crippen LogP contribution >= 0.6 is 0 Å². The van der Waals surface area contributed by atoms with Gasteiger partial charge < -0.3 is 9.47 Å². The first-order chi connectivity index (χ1) is 11.9. The minimum atomic E-state index is -0.203. The molecule has 1 aromatic carbocycles. The zero-order valence-corrected chi connectivity index (χ0v) is 16.1. The predicted molar refractivity (Wildman–Crippen MR) is 99.8 cm³/mol. The van der Waals surface area contributed by atoms with E-state index in [0.29, 0.717) is 16.9 Å². The number of hydrogen-bond donors (Lipinski definition) is 0. The van der Waals surface area contributed by atoms with E-state index >= 15 is 0 Å². The quantitative estimate of drug-likeness (QED) is 0.485. The lowest BCUT2D eigenvalue weighted by Crippen LogP contribution is -2.29. The maximum Gasteiger partial charge on any atom is 0.338 e. The maximum atomic E-state index is 12.5. The van der Waals surface area contributed by atoms with Crippen LogP contribution in [0.15, 0.2) is 24.3 Å². The number of esters is 1. The van der Waals surface area contributed by atoms with Crippen molar-refractivity contribution in [2.45, 2.75) is 65.9 Å². The van der Waals surface area contributed by atoms with Crippen molar-refractivity contribution in [3.63, 3.8) is 0 Å². The molecule has 4 atom stereocenters. The smallest absolute Gasteiger partial charge is 0.338 e. The summed E-state index contributed by atoms with van der Waals surface area (Å²) in [5.74, 6) is 2.61. The van der Waals surface area contributed by atoms with E-state index in [1.54, 1.807) is 0 Å². The fourth-order valence-electron chi connectivity index (χ4n) is 4.43. The Morgan fingerprint density at radius 3 is 2.48 bits per heavy atom. The van der Waals surface area contributed by atoms with Crippen LogP contribution in [0.5, 0.6) is 5.75 Å². The Morgan fingerprint density at radius 2 is 1.80 bits per heavy atom. The zero-order chi connectivity index (χ0) is 18.0. The lowest BCUT2D eigenvalue weighted by molar-refractivity contribution is 0.00306. The first kappa shape index (κ1) is 18.3. The summed E-state index contributed by atoms with van der Waals surface area (Å²) in [6, 6.07) is 7.36. The van der Waals surface area contributed by atoms with Gasteiger partial charge in [-0.3, -0.25) is 0 Å². The molecule has 0 saturated heterocycles. The van der Waals surface area contributed by atoms with E-state index in [-0.39, 0.29) is 12.1 Å². The molecule has 0 amide bonds. The molecule has 0 radical (unpaired) electrons. The summed E-state index contributed by atoms with van der Waals surface area (Å²) in [6.45, 7) is 9.82. The Kier molecular flexibility index (Phi) is 5.41. The summed E-state index contributed by atoms with van der Waals surface area (Å²) in [5, 5.41) is 0. The number of fused-ring (bicyclic) bond motifs is 1. The normalized spacial score (nSPS) is 29.6. The standard InChI is InChI=1S/C22H32O3/c1-5-6-7-12-24-17-10-8-16(9-11-17)21(23)25-20-14-19-18(13-15(20)2)22(19,3)4/h8-11,15,18-20H,5-7,12-14H2,1-4H3/t15-,18+,19-,20+/m1/s1. The molecule has 3 heteroatoms. The molecule has 0 aromatic heterocycles. The molecule has 2 fully saturated rings. The molecular weight excluding hydrogens is 312 g/mol. The van der Waals surface area contributed by atoms with Crippen molar-refractivity contribution >= 4 is 5.97 Å². The van der Waals surface area contributed by atoms with E-state index in [4.69, 9.17) is 9.47 Å². The van der Waals surface area contributed by atoms with E-state index in [0.717, 1.165) is 37.0 Å². The lowest BCUT2D eigenvalue weighted by atomic mass is 9.88.